The fourth-order valence-corrected chi connectivity index (χ4v) is 6.67. The molecule has 1 heterocycles. The van der Waals surface area contributed by atoms with Gasteiger partial charge in [-0.15, -0.1) is 0 Å². The molecule has 3 aromatic carbocycles. The Morgan fingerprint density at radius 2 is 1.66 bits per heavy atom. The van der Waals surface area contributed by atoms with Crippen molar-refractivity contribution in [2.75, 3.05) is 5.75 Å². The van der Waals surface area contributed by atoms with Crippen molar-refractivity contribution in [2.45, 2.75) is 77.0 Å². The summed E-state index contributed by atoms with van der Waals surface area (Å²) in [4.78, 5) is 30.3. The summed E-state index contributed by atoms with van der Waals surface area (Å²) in [5.74, 6) is 1.40. The molecule has 0 saturated heterocycles. The molecule has 0 aliphatic heterocycles. The zero-order chi connectivity index (χ0) is 31.3. The molecule has 1 amide bonds. The highest BCUT2D eigenvalue weighted by molar-refractivity contribution is 7.98. The van der Waals surface area contributed by atoms with Gasteiger partial charge in [0.2, 0.25) is 0 Å². The summed E-state index contributed by atoms with van der Waals surface area (Å²) in [6.45, 7) is 8.60. The van der Waals surface area contributed by atoms with Crippen LogP contribution in [-0.2, 0) is 22.4 Å². The number of nitrogens with zero attached hydrogens (tertiary/aromatic N) is 1. The molecule has 6 nitrogen and oxygen atoms in total. The first kappa shape index (κ1) is 31.6. The van der Waals surface area contributed by atoms with Crippen LogP contribution in [0.4, 0.5) is 0 Å². The van der Waals surface area contributed by atoms with E-state index in [1.165, 1.54) is 35.7 Å². The molecule has 5 rings (SSSR count). The zero-order valence-corrected chi connectivity index (χ0v) is 26.9. The number of ether oxygens (including phenoxy) is 1. The number of aliphatic carboxylic acids is 1. The predicted octanol–water partition coefficient (Wildman–Crippen LogP) is 8.48. The molecule has 0 spiro atoms. The van der Waals surface area contributed by atoms with Crippen LogP contribution in [0.2, 0.25) is 0 Å². The first-order valence-corrected chi connectivity index (χ1v) is 16.6. The molecule has 7 heteroatoms. The Morgan fingerprint density at radius 3 is 2.32 bits per heavy atom. The number of hydrogen-bond acceptors (Lipinski definition) is 5. The van der Waals surface area contributed by atoms with Crippen molar-refractivity contribution in [3.63, 3.8) is 0 Å². The number of hydrogen-bond donors (Lipinski definition) is 2. The van der Waals surface area contributed by atoms with Gasteiger partial charge in [-0.2, -0.15) is 11.8 Å². The largest absolute Gasteiger partial charge is 0.480 e. The summed E-state index contributed by atoms with van der Waals surface area (Å²) in [5.41, 5.74) is 4.71. The topological polar surface area (TPSA) is 88.5 Å². The van der Waals surface area contributed by atoms with E-state index < -0.39 is 17.9 Å². The zero-order valence-electron chi connectivity index (χ0n) is 26.1. The second-order valence-electron chi connectivity index (χ2n) is 12.9. The standard InChI is InChI=1S/C37H42N2O4S/c1-24-9-11-26(12-10-24)22-44-23-34(36(41)42)39-35(40)33-20-27-13-16-30(43-29-17-14-28(15-18-29)37(2,3)4)21-31(27)32(38-33)19-25-7-5-6-8-25/h9-18,20-21,25,34H,5-8,19,22-23H2,1-4H3,(H,39,40)(H,41,42)/t34-/m1/s1. The number of aryl methyl sites for hydroxylation is 1. The molecule has 0 bridgehead atoms. The highest BCUT2D eigenvalue weighted by atomic mass is 32.2. The average Bonchev–Trinajstić information content (AvgIpc) is 3.50. The lowest BCUT2D eigenvalue weighted by Gasteiger charge is -2.19. The number of carbonyl (C=O) groups excluding carboxylic acids is 1. The van der Waals surface area contributed by atoms with Crippen LogP contribution in [-0.4, -0.2) is 33.8 Å². The second-order valence-corrected chi connectivity index (χ2v) is 14.0. The van der Waals surface area contributed by atoms with Gasteiger partial charge in [0.1, 0.15) is 23.2 Å². The third-order valence-electron chi connectivity index (χ3n) is 8.31. The van der Waals surface area contributed by atoms with Crippen molar-refractivity contribution < 1.29 is 19.4 Å². The number of amides is 1. The molecule has 1 aliphatic rings. The lowest BCUT2D eigenvalue weighted by molar-refractivity contribution is -0.138. The summed E-state index contributed by atoms with van der Waals surface area (Å²) in [5, 5.41) is 14.4. The number of aromatic nitrogens is 1. The Labute approximate surface area is 264 Å². The smallest absolute Gasteiger partial charge is 0.327 e. The van der Waals surface area contributed by atoms with E-state index in [2.05, 4.69) is 38.2 Å². The van der Waals surface area contributed by atoms with Crippen LogP contribution >= 0.6 is 11.8 Å². The van der Waals surface area contributed by atoms with E-state index in [9.17, 15) is 14.7 Å². The normalized spacial score (nSPS) is 14.5. The molecule has 230 valence electrons. The number of fused-ring (bicyclic) bond motifs is 1. The molecular weight excluding hydrogens is 568 g/mol. The molecule has 1 aromatic heterocycles. The van der Waals surface area contributed by atoms with Gasteiger partial charge in [0, 0.05) is 22.6 Å². The molecule has 1 saturated carbocycles. The molecule has 0 radical (unpaired) electrons. The van der Waals surface area contributed by atoms with Gasteiger partial charge in [0.05, 0.1) is 0 Å². The fraction of sp³-hybridized carbons (Fsp3) is 0.378. The number of thioether (sulfide) groups is 1. The van der Waals surface area contributed by atoms with Crippen molar-refractivity contribution in [3.8, 4) is 11.5 Å². The van der Waals surface area contributed by atoms with Crippen LogP contribution in [0.1, 0.15) is 79.3 Å². The van der Waals surface area contributed by atoms with E-state index >= 15 is 0 Å². The molecule has 2 N–H and O–H groups in total. The Morgan fingerprint density at radius 1 is 0.977 bits per heavy atom. The van der Waals surface area contributed by atoms with Crippen molar-refractivity contribution in [2.24, 2.45) is 5.92 Å². The number of nitrogens with one attached hydrogen (secondary N) is 1. The van der Waals surface area contributed by atoms with E-state index in [-0.39, 0.29) is 16.9 Å². The van der Waals surface area contributed by atoms with Crippen LogP contribution in [0, 0.1) is 12.8 Å². The average molecular weight is 611 g/mol. The Kier molecular flexibility index (Phi) is 9.94. The van der Waals surface area contributed by atoms with Crippen LogP contribution in [0.15, 0.2) is 72.8 Å². The number of benzene rings is 3. The number of rotatable bonds is 11. The molecule has 1 aliphatic carbocycles. The van der Waals surface area contributed by atoms with Gasteiger partial charge >= 0.3 is 5.97 Å². The van der Waals surface area contributed by atoms with Crippen molar-refractivity contribution in [1.29, 1.82) is 0 Å². The third-order valence-corrected chi connectivity index (χ3v) is 9.41. The second kappa shape index (κ2) is 13.9. The summed E-state index contributed by atoms with van der Waals surface area (Å²) in [6.07, 6.45) is 5.49. The number of pyridine rings is 1. The van der Waals surface area contributed by atoms with Crippen molar-refractivity contribution in [1.82, 2.24) is 10.3 Å². The van der Waals surface area contributed by atoms with Gasteiger partial charge in [0.25, 0.3) is 5.91 Å². The Hall–Kier alpha value is -3.84. The minimum absolute atomic E-state index is 0.0665. The van der Waals surface area contributed by atoms with E-state index in [4.69, 9.17) is 9.72 Å². The van der Waals surface area contributed by atoms with Crippen LogP contribution in [0.5, 0.6) is 11.5 Å². The fourth-order valence-electron chi connectivity index (χ4n) is 5.66. The summed E-state index contributed by atoms with van der Waals surface area (Å²) in [7, 11) is 0. The van der Waals surface area contributed by atoms with E-state index in [1.807, 2.05) is 61.5 Å². The number of carbonyl (C=O) groups is 2. The monoisotopic (exact) mass is 610 g/mol. The highest BCUT2D eigenvalue weighted by Crippen LogP contribution is 2.33. The predicted molar refractivity (Wildman–Crippen MR) is 179 cm³/mol. The van der Waals surface area contributed by atoms with Gasteiger partial charge in [-0.3, -0.25) is 4.79 Å². The summed E-state index contributed by atoms with van der Waals surface area (Å²) >= 11 is 1.49. The first-order chi connectivity index (χ1) is 21.0. The Bertz CT molecular complexity index is 1600. The van der Waals surface area contributed by atoms with Gasteiger partial charge in [-0.05, 0) is 71.5 Å². The van der Waals surface area contributed by atoms with Crippen molar-refractivity contribution >= 4 is 34.4 Å². The van der Waals surface area contributed by atoms with Gasteiger partial charge < -0.3 is 15.2 Å². The molecule has 0 unspecified atom stereocenters. The van der Waals surface area contributed by atoms with E-state index in [0.717, 1.165) is 47.0 Å². The van der Waals surface area contributed by atoms with Crippen LogP contribution in [0.3, 0.4) is 0 Å². The maximum absolute atomic E-state index is 13.4. The van der Waals surface area contributed by atoms with E-state index in [1.54, 1.807) is 6.07 Å². The SMILES string of the molecule is Cc1ccc(CSC[C@@H](NC(=O)c2cc3ccc(Oc4ccc(C(C)(C)C)cc4)cc3c(CC3CCCC3)n2)C(=O)O)cc1. The maximum atomic E-state index is 13.4. The first-order valence-electron chi connectivity index (χ1n) is 15.4. The summed E-state index contributed by atoms with van der Waals surface area (Å²) in [6, 6.07) is 23.0. The number of carboxylic acids is 1. The molecule has 1 fully saturated rings. The lowest BCUT2D eigenvalue weighted by atomic mass is 9.87. The maximum Gasteiger partial charge on any atom is 0.327 e. The van der Waals surface area contributed by atoms with Gasteiger partial charge in [-0.1, -0.05) is 94.5 Å². The minimum atomic E-state index is -1.06. The summed E-state index contributed by atoms with van der Waals surface area (Å²) < 4.78 is 6.24. The molecular formula is C37H42N2O4S. The quantitative estimate of drug-likeness (QED) is 0.177. The van der Waals surface area contributed by atoms with Crippen LogP contribution in [0.25, 0.3) is 10.8 Å². The highest BCUT2D eigenvalue weighted by Gasteiger charge is 2.24. The van der Waals surface area contributed by atoms with E-state index in [0.29, 0.717) is 17.4 Å². The van der Waals surface area contributed by atoms with Gasteiger partial charge in [0.15, 0.2) is 0 Å². The minimum Gasteiger partial charge on any atom is -0.480 e. The molecule has 1 atom stereocenters. The van der Waals surface area contributed by atoms with Crippen molar-refractivity contribution in [3.05, 3.63) is 101 Å². The van der Waals surface area contributed by atoms with Gasteiger partial charge in [-0.25, -0.2) is 9.78 Å². The molecule has 4 aromatic rings. The lowest BCUT2D eigenvalue weighted by Crippen LogP contribution is -2.43. The Balaban J connectivity index is 1.35. The van der Waals surface area contributed by atoms with Crippen LogP contribution < -0.4 is 10.1 Å². The third kappa shape index (κ3) is 8.20. The number of carboxylic acid groups (broad SMARTS) is 1. The molecule has 44 heavy (non-hydrogen) atoms.